The zero-order valence-electron chi connectivity index (χ0n) is 23.8. The second kappa shape index (κ2) is 12.8. The van der Waals surface area contributed by atoms with Gasteiger partial charge in [0, 0.05) is 35.8 Å². The van der Waals surface area contributed by atoms with Crippen LogP contribution < -0.4 is 14.2 Å². The lowest BCUT2D eigenvalue weighted by Crippen LogP contribution is -2.37. The van der Waals surface area contributed by atoms with Crippen molar-refractivity contribution in [1.82, 2.24) is 9.80 Å². The Morgan fingerprint density at radius 1 is 1.10 bits per heavy atom. The molecule has 0 radical (unpaired) electrons. The highest BCUT2D eigenvalue weighted by Crippen LogP contribution is 2.35. The summed E-state index contributed by atoms with van der Waals surface area (Å²) in [5.41, 5.74) is 1.59. The Balaban J connectivity index is 1.55. The number of carbonyl (C=O) groups excluding carboxylic acids is 2. The van der Waals surface area contributed by atoms with Gasteiger partial charge >= 0.3 is 6.09 Å². The lowest BCUT2D eigenvalue weighted by atomic mass is 10.1. The molecular weight excluding hydrogens is 595 g/mol. The van der Waals surface area contributed by atoms with Crippen molar-refractivity contribution < 1.29 is 32.9 Å². The number of para-hydroxylation sites is 1. The number of rotatable bonds is 7. The second-order valence-electron chi connectivity index (χ2n) is 10.7. The number of carbonyl (C=O) groups is 2. The highest BCUT2D eigenvalue weighted by atomic mass is 79.9. The molecule has 3 aromatic rings. The average molecular weight is 630 g/mol. The van der Waals surface area contributed by atoms with Gasteiger partial charge < -0.3 is 28.7 Å². The first-order valence-corrected chi connectivity index (χ1v) is 14.0. The van der Waals surface area contributed by atoms with E-state index in [2.05, 4.69) is 15.9 Å². The lowest BCUT2D eigenvalue weighted by molar-refractivity contribution is 0.0225. The van der Waals surface area contributed by atoms with Gasteiger partial charge in [0.15, 0.2) is 11.5 Å². The zero-order valence-corrected chi connectivity index (χ0v) is 25.4. The SMILES string of the molecule is COc1cccc(CN(C)C(=O)c2cc(Br)c3c(c2)CN(C(=O)OC(C)(C)C)CCO3)c1OCc1ccccc1F. The van der Waals surface area contributed by atoms with Crippen molar-refractivity contribution in [3.63, 3.8) is 0 Å². The number of halogens is 2. The van der Waals surface area contributed by atoms with Crippen LogP contribution in [-0.2, 0) is 24.4 Å². The summed E-state index contributed by atoms with van der Waals surface area (Å²) >= 11 is 3.54. The van der Waals surface area contributed by atoms with E-state index in [-0.39, 0.29) is 31.4 Å². The molecule has 2 amide bonds. The molecule has 0 spiro atoms. The first-order chi connectivity index (χ1) is 19.5. The van der Waals surface area contributed by atoms with Crippen LogP contribution in [0.3, 0.4) is 0 Å². The van der Waals surface area contributed by atoms with Crippen LogP contribution in [0.2, 0.25) is 0 Å². The summed E-state index contributed by atoms with van der Waals surface area (Å²) in [6.07, 6.45) is -0.445. The molecule has 0 atom stereocenters. The van der Waals surface area contributed by atoms with Gasteiger partial charge in [-0.1, -0.05) is 30.3 Å². The van der Waals surface area contributed by atoms with E-state index in [1.807, 2.05) is 32.9 Å². The Kier molecular flexibility index (Phi) is 9.42. The molecule has 0 unspecified atom stereocenters. The first kappa shape index (κ1) is 30.2. The normalized spacial score (nSPS) is 13.0. The molecule has 218 valence electrons. The van der Waals surface area contributed by atoms with Crippen LogP contribution >= 0.6 is 15.9 Å². The quantitative estimate of drug-likeness (QED) is 0.294. The fourth-order valence-corrected chi connectivity index (χ4v) is 5.02. The van der Waals surface area contributed by atoms with E-state index in [0.29, 0.717) is 57.1 Å². The van der Waals surface area contributed by atoms with Crippen molar-refractivity contribution in [3.05, 3.63) is 87.1 Å². The van der Waals surface area contributed by atoms with Gasteiger partial charge in [0.05, 0.1) is 24.7 Å². The third-order valence-corrected chi connectivity index (χ3v) is 6.94. The average Bonchev–Trinajstić information content (AvgIpc) is 3.15. The minimum atomic E-state index is -0.633. The summed E-state index contributed by atoms with van der Waals surface area (Å²) in [5.74, 6) is 0.893. The van der Waals surface area contributed by atoms with Gasteiger partial charge in [-0.15, -0.1) is 0 Å². The van der Waals surface area contributed by atoms with E-state index in [1.54, 1.807) is 53.2 Å². The van der Waals surface area contributed by atoms with Gasteiger partial charge in [-0.05, 0) is 61.0 Å². The summed E-state index contributed by atoms with van der Waals surface area (Å²) in [7, 11) is 3.21. The molecule has 0 saturated carbocycles. The largest absolute Gasteiger partial charge is 0.493 e. The number of amides is 2. The predicted octanol–water partition coefficient (Wildman–Crippen LogP) is 6.58. The second-order valence-corrected chi connectivity index (χ2v) is 11.5. The molecule has 1 aliphatic rings. The van der Waals surface area contributed by atoms with Crippen LogP contribution in [0.4, 0.5) is 9.18 Å². The molecule has 1 aliphatic heterocycles. The van der Waals surface area contributed by atoms with Crippen molar-refractivity contribution in [2.45, 2.75) is 46.1 Å². The summed E-state index contributed by atoms with van der Waals surface area (Å²) in [6, 6.07) is 15.2. The molecule has 0 N–H and O–H groups in total. The van der Waals surface area contributed by atoms with Crippen LogP contribution in [0.15, 0.2) is 59.1 Å². The Labute approximate surface area is 248 Å². The molecular formula is C31H34BrFN2O6. The van der Waals surface area contributed by atoms with Gasteiger partial charge in [0.2, 0.25) is 0 Å². The number of benzene rings is 3. The number of hydrogen-bond donors (Lipinski definition) is 0. The molecule has 1 heterocycles. The topological polar surface area (TPSA) is 77.5 Å². The van der Waals surface area contributed by atoms with Crippen molar-refractivity contribution in [3.8, 4) is 17.2 Å². The summed E-state index contributed by atoms with van der Waals surface area (Å²) in [5, 5.41) is 0. The van der Waals surface area contributed by atoms with E-state index in [9.17, 15) is 14.0 Å². The molecule has 10 heteroatoms. The Morgan fingerprint density at radius 2 is 1.83 bits per heavy atom. The third-order valence-electron chi connectivity index (χ3n) is 6.35. The molecule has 8 nitrogen and oxygen atoms in total. The van der Waals surface area contributed by atoms with Crippen LogP contribution in [0.25, 0.3) is 0 Å². The molecule has 0 fully saturated rings. The first-order valence-electron chi connectivity index (χ1n) is 13.2. The van der Waals surface area contributed by atoms with Gasteiger partial charge in [-0.3, -0.25) is 4.79 Å². The van der Waals surface area contributed by atoms with Crippen LogP contribution in [0.1, 0.15) is 47.8 Å². The molecule has 0 aromatic heterocycles. The Morgan fingerprint density at radius 3 is 2.54 bits per heavy atom. The fraction of sp³-hybridized carbons (Fsp3) is 0.355. The zero-order chi connectivity index (χ0) is 29.7. The summed E-state index contributed by atoms with van der Waals surface area (Å²) in [4.78, 5) is 29.5. The maximum Gasteiger partial charge on any atom is 0.410 e. The molecule has 0 bridgehead atoms. The highest BCUT2D eigenvalue weighted by Gasteiger charge is 2.27. The van der Waals surface area contributed by atoms with Crippen molar-refractivity contribution in [2.24, 2.45) is 0 Å². The van der Waals surface area contributed by atoms with Crippen molar-refractivity contribution in [1.29, 1.82) is 0 Å². The lowest BCUT2D eigenvalue weighted by Gasteiger charge is -2.26. The number of nitrogens with zero attached hydrogens (tertiary/aromatic N) is 2. The smallest absolute Gasteiger partial charge is 0.410 e. The number of fused-ring (bicyclic) bond motifs is 1. The van der Waals surface area contributed by atoms with Gasteiger partial charge in [0.25, 0.3) is 5.91 Å². The molecule has 41 heavy (non-hydrogen) atoms. The fourth-order valence-electron chi connectivity index (χ4n) is 4.40. The van der Waals surface area contributed by atoms with E-state index >= 15 is 0 Å². The van der Waals surface area contributed by atoms with Crippen molar-refractivity contribution >= 4 is 27.9 Å². The standard InChI is InChI=1S/C31H34BrFN2O6/c1-31(2,3)41-30(37)35-13-14-39-27-23(18-35)15-22(16-24(27)32)29(36)34(4)17-20-10-8-12-26(38-5)28(20)40-19-21-9-6-7-11-25(21)33/h6-12,15-16H,13-14,17-19H2,1-5H3. The number of hydrogen-bond acceptors (Lipinski definition) is 6. The Hall–Kier alpha value is -3.79. The minimum absolute atomic E-state index is 0.00360. The predicted molar refractivity (Wildman–Crippen MR) is 156 cm³/mol. The van der Waals surface area contributed by atoms with Crippen LogP contribution in [0, 0.1) is 5.82 Å². The molecule has 0 saturated heterocycles. The van der Waals surface area contributed by atoms with Gasteiger partial charge in [0.1, 0.15) is 30.4 Å². The van der Waals surface area contributed by atoms with E-state index < -0.39 is 11.7 Å². The van der Waals surface area contributed by atoms with Gasteiger partial charge in [-0.2, -0.15) is 0 Å². The summed E-state index contributed by atoms with van der Waals surface area (Å²) < 4.78 is 37.8. The van der Waals surface area contributed by atoms with Crippen LogP contribution in [0.5, 0.6) is 17.2 Å². The van der Waals surface area contributed by atoms with E-state index in [4.69, 9.17) is 18.9 Å². The number of ether oxygens (including phenoxy) is 4. The third kappa shape index (κ3) is 7.49. The monoisotopic (exact) mass is 628 g/mol. The molecule has 0 aliphatic carbocycles. The summed E-state index contributed by atoms with van der Waals surface area (Å²) in [6.45, 7) is 6.53. The highest BCUT2D eigenvalue weighted by molar-refractivity contribution is 9.10. The molecule has 3 aromatic carbocycles. The molecule has 4 rings (SSSR count). The maximum absolute atomic E-state index is 14.2. The minimum Gasteiger partial charge on any atom is -0.493 e. The van der Waals surface area contributed by atoms with Crippen LogP contribution in [-0.4, -0.2) is 54.7 Å². The Bertz CT molecular complexity index is 1420. The van der Waals surface area contributed by atoms with Crippen molar-refractivity contribution in [2.75, 3.05) is 27.3 Å². The maximum atomic E-state index is 14.2. The number of methoxy groups -OCH3 is 1. The van der Waals surface area contributed by atoms with E-state index in [0.717, 1.165) is 0 Å². The van der Waals surface area contributed by atoms with E-state index in [1.165, 1.54) is 13.2 Å². The van der Waals surface area contributed by atoms with Gasteiger partial charge in [-0.25, -0.2) is 9.18 Å².